The molecule has 0 radical (unpaired) electrons. The Kier molecular flexibility index (Phi) is 6.64. The van der Waals surface area contributed by atoms with E-state index in [0.717, 1.165) is 23.9 Å². The van der Waals surface area contributed by atoms with Gasteiger partial charge in [0.05, 0.1) is 10.6 Å². The number of amides is 1. The number of carbonyl (C=O) groups excluding carboxylic acids is 1. The van der Waals surface area contributed by atoms with Gasteiger partial charge in [-0.3, -0.25) is 19.3 Å². The van der Waals surface area contributed by atoms with Crippen LogP contribution in [0.5, 0.6) is 0 Å². The van der Waals surface area contributed by atoms with E-state index in [4.69, 9.17) is 0 Å². The third-order valence-corrected chi connectivity index (χ3v) is 6.44. The van der Waals surface area contributed by atoms with E-state index in [9.17, 15) is 18.0 Å². The molecule has 0 saturated carbocycles. The molecule has 2 heterocycles. The smallest absolute Gasteiger partial charge is 0.276 e. The predicted molar refractivity (Wildman–Crippen MR) is 125 cm³/mol. The average molecular weight is 466 g/mol. The molecule has 0 spiro atoms. The Bertz CT molecular complexity index is 1350. The van der Waals surface area contributed by atoms with Gasteiger partial charge in [-0.05, 0) is 49.2 Å². The number of sulfonamides is 1. The van der Waals surface area contributed by atoms with Crippen molar-refractivity contribution in [2.45, 2.75) is 30.6 Å². The Morgan fingerprint density at radius 2 is 1.76 bits per heavy atom. The summed E-state index contributed by atoms with van der Waals surface area (Å²) in [6, 6.07) is 17.2. The lowest BCUT2D eigenvalue weighted by Gasteiger charge is -2.11. The first-order valence-electron chi connectivity index (χ1n) is 10.6. The molecule has 0 saturated heterocycles. The van der Waals surface area contributed by atoms with Gasteiger partial charge in [-0.2, -0.15) is 9.78 Å². The lowest BCUT2D eigenvalue weighted by Crippen LogP contribution is -2.30. The number of para-hydroxylation sites is 1. The second kappa shape index (κ2) is 9.78. The molecule has 0 unspecified atom stereocenters. The number of hydrogen-bond acceptors (Lipinski definition) is 6. The molecule has 0 aliphatic carbocycles. The van der Waals surface area contributed by atoms with Gasteiger partial charge in [-0.25, -0.2) is 8.42 Å². The number of aromatic nitrogens is 2. The minimum absolute atomic E-state index is 0.00876. The molecule has 2 N–H and O–H groups in total. The van der Waals surface area contributed by atoms with Crippen molar-refractivity contribution < 1.29 is 13.2 Å². The summed E-state index contributed by atoms with van der Waals surface area (Å²) in [4.78, 5) is 29.2. The van der Waals surface area contributed by atoms with E-state index < -0.39 is 15.9 Å². The Balaban J connectivity index is 1.53. The number of carbonyl (C=O) groups is 1. The maximum absolute atomic E-state index is 12.8. The highest BCUT2D eigenvalue weighted by Crippen LogP contribution is 2.17. The largest absolute Gasteiger partial charge is 0.321 e. The maximum Gasteiger partial charge on any atom is 0.276 e. The zero-order valence-corrected chi connectivity index (χ0v) is 18.6. The Hall–Kier alpha value is -3.79. The van der Waals surface area contributed by atoms with Crippen LogP contribution in [-0.4, -0.2) is 36.5 Å². The van der Waals surface area contributed by atoms with Crippen LogP contribution in [0.4, 0.5) is 5.69 Å². The lowest BCUT2D eigenvalue weighted by molar-refractivity contribution is 0.102. The number of benzene rings is 2. The first-order chi connectivity index (χ1) is 15.9. The van der Waals surface area contributed by atoms with Crippen molar-refractivity contribution in [1.29, 1.82) is 0 Å². The average Bonchev–Trinajstić information content (AvgIpc) is 3.08. The highest BCUT2D eigenvalue weighted by Gasteiger charge is 2.18. The SMILES string of the molecule is O=C(Nc1cccc(S(=O)(=O)NC2=NCCCCC2)c1)c1ccc(=O)n(-c2ccccc2)n1. The molecule has 33 heavy (non-hydrogen) atoms. The molecule has 3 aromatic rings. The Morgan fingerprint density at radius 1 is 0.939 bits per heavy atom. The van der Waals surface area contributed by atoms with E-state index >= 15 is 0 Å². The third-order valence-electron chi connectivity index (χ3n) is 5.06. The Morgan fingerprint density at radius 3 is 2.58 bits per heavy atom. The van der Waals surface area contributed by atoms with Gasteiger partial charge in [0, 0.05) is 24.7 Å². The van der Waals surface area contributed by atoms with Crippen LogP contribution in [0.3, 0.4) is 0 Å². The van der Waals surface area contributed by atoms with Gasteiger partial charge < -0.3 is 5.32 Å². The van der Waals surface area contributed by atoms with E-state index in [-0.39, 0.29) is 21.8 Å². The van der Waals surface area contributed by atoms with Crippen molar-refractivity contribution in [3.8, 4) is 5.69 Å². The van der Waals surface area contributed by atoms with Crippen molar-refractivity contribution in [2.24, 2.45) is 4.99 Å². The zero-order chi connectivity index (χ0) is 23.3. The summed E-state index contributed by atoms with van der Waals surface area (Å²) in [7, 11) is -3.84. The summed E-state index contributed by atoms with van der Waals surface area (Å²) in [5.74, 6) is -0.121. The van der Waals surface area contributed by atoms with Crippen LogP contribution in [0.15, 0.2) is 81.4 Å². The molecule has 0 bridgehead atoms. The molecular weight excluding hydrogens is 442 g/mol. The highest BCUT2D eigenvalue weighted by molar-refractivity contribution is 7.90. The number of rotatable bonds is 5. The van der Waals surface area contributed by atoms with E-state index in [1.807, 2.05) is 6.07 Å². The monoisotopic (exact) mass is 465 g/mol. The predicted octanol–water partition coefficient (Wildman–Crippen LogP) is 2.74. The van der Waals surface area contributed by atoms with Crippen LogP contribution in [-0.2, 0) is 10.0 Å². The number of anilines is 1. The fraction of sp³-hybridized carbons (Fsp3) is 0.217. The fourth-order valence-electron chi connectivity index (χ4n) is 3.39. The van der Waals surface area contributed by atoms with E-state index in [1.165, 1.54) is 30.3 Å². The number of amidine groups is 1. The molecule has 1 aromatic heterocycles. The standard InChI is InChI=1S/C23H23N5O4S/c29-22-14-13-20(26-28(22)18-9-3-1-4-10-18)23(30)25-17-8-7-11-19(16-17)33(31,32)27-21-12-5-2-6-15-24-21/h1,3-4,7-11,13-14,16H,2,5-6,12,15H2,(H,24,27)(H,25,30). The molecule has 170 valence electrons. The van der Waals surface area contributed by atoms with Crippen LogP contribution >= 0.6 is 0 Å². The molecule has 2 aromatic carbocycles. The van der Waals surface area contributed by atoms with Crippen molar-refractivity contribution in [3.63, 3.8) is 0 Å². The van der Waals surface area contributed by atoms with Crippen LogP contribution < -0.4 is 15.6 Å². The molecule has 1 aliphatic heterocycles. The lowest BCUT2D eigenvalue weighted by atomic mass is 10.2. The van der Waals surface area contributed by atoms with Crippen LogP contribution in [0.25, 0.3) is 5.69 Å². The summed E-state index contributed by atoms with van der Waals surface area (Å²) in [6.45, 7) is 0.603. The highest BCUT2D eigenvalue weighted by atomic mass is 32.2. The van der Waals surface area contributed by atoms with Gasteiger partial charge in [0.15, 0.2) is 0 Å². The molecule has 9 nitrogen and oxygen atoms in total. The quantitative estimate of drug-likeness (QED) is 0.600. The van der Waals surface area contributed by atoms with Gasteiger partial charge in [0.2, 0.25) is 0 Å². The molecule has 0 fully saturated rings. The van der Waals surface area contributed by atoms with Crippen LogP contribution in [0.2, 0.25) is 0 Å². The van der Waals surface area contributed by atoms with E-state index in [2.05, 4.69) is 20.1 Å². The van der Waals surface area contributed by atoms with Crippen LogP contribution in [0, 0.1) is 0 Å². The summed E-state index contributed by atoms with van der Waals surface area (Å²) in [5.41, 5.74) is 0.443. The second-order valence-corrected chi connectivity index (χ2v) is 9.21. The summed E-state index contributed by atoms with van der Waals surface area (Å²) in [6.07, 6.45) is 3.42. The maximum atomic E-state index is 12.8. The van der Waals surface area contributed by atoms with Crippen LogP contribution in [0.1, 0.15) is 36.2 Å². The van der Waals surface area contributed by atoms with Crippen molar-refractivity contribution in [3.05, 3.63) is 82.8 Å². The third kappa shape index (κ3) is 5.53. The topological polar surface area (TPSA) is 123 Å². The van der Waals surface area contributed by atoms with Gasteiger partial charge in [0.25, 0.3) is 21.5 Å². The number of hydrogen-bond donors (Lipinski definition) is 2. The Labute approximate surface area is 191 Å². The minimum atomic E-state index is -3.84. The molecule has 0 atom stereocenters. The minimum Gasteiger partial charge on any atom is -0.321 e. The molecule has 4 rings (SSSR count). The second-order valence-electron chi connectivity index (χ2n) is 7.53. The van der Waals surface area contributed by atoms with Crippen molar-refractivity contribution in [2.75, 3.05) is 11.9 Å². The first-order valence-corrected chi connectivity index (χ1v) is 12.0. The van der Waals surface area contributed by atoms with Gasteiger partial charge in [-0.15, -0.1) is 0 Å². The van der Waals surface area contributed by atoms with Gasteiger partial charge in [-0.1, -0.05) is 30.7 Å². The first kappa shape index (κ1) is 22.4. The summed E-state index contributed by atoms with van der Waals surface area (Å²) >= 11 is 0. The number of nitrogens with one attached hydrogen (secondary N) is 2. The van der Waals surface area contributed by atoms with Crippen molar-refractivity contribution >= 4 is 27.5 Å². The number of aliphatic imine (C=N–C) groups is 1. The van der Waals surface area contributed by atoms with Gasteiger partial charge in [0.1, 0.15) is 11.5 Å². The van der Waals surface area contributed by atoms with Gasteiger partial charge >= 0.3 is 0 Å². The summed E-state index contributed by atoms with van der Waals surface area (Å²) < 4.78 is 29.3. The number of nitrogens with zero attached hydrogens (tertiary/aromatic N) is 3. The fourth-order valence-corrected chi connectivity index (χ4v) is 4.53. The van der Waals surface area contributed by atoms with E-state index in [0.29, 0.717) is 24.5 Å². The molecular formula is C23H23N5O4S. The summed E-state index contributed by atoms with van der Waals surface area (Å²) in [5, 5.41) is 6.79. The molecule has 10 heteroatoms. The zero-order valence-electron chi connectivity index (χ0n) is 17.8. The molecule has 1 amide bonds. The van der Waals surface area contributed by atoms with Crippen molar-refractivity contribution in [1.82, 2.24) is 14.5 Å². The van der Waals surface area contributed by atoms with E-state index in [1.54, 1.807) is 30.3 Å². The molecule has 1 aliphatic rings. The normalized spacial score (nSPS) is 14.1.